The third kappa shape index (κ3) is 9.48. The molecule has 2 rings (SSSR count). The summed E-state index contributed by atoms with van der Waals surface area (Å²) in [6, 6.07) is 6.24. The van der Waals surface area contributed by atoms with Gasteiger partial charge in [0, 0.05) is 39.1 Å². The van der Waals surface area contributed by atoms with Gasteiger partial charge in [-0.3, -0.25) is 9.59 Å². The van der Waals surface area contributed by atoms with E-state index < -0.39 is 5.41 Å². The van der Waals surface area contributed by atoms with Gasteiger partial charge in [0.2, 0.25) is 11.8 Å². The molecule has 0 saturated carbocycles. The minimum Gasteiger partial charge on any atom is -0.493 e. The average Bonchev–Trinajstić information content (AvgIpc) is 2.89. The van der Waals surface area contributed by atoms with Gasteiger partial charge in [-0.25, -0.2) is 0 Å². The van der Waals surface area contributed by atoms with Crippen LogP contribution in [0.3, 0.4) is 0 Å². The van der Waals surface area contributed by atoms with Crippen LogP contribution in [0, 0.1) is 17.3 Å². The molecule has 7 nitrogen and oxygen atoms in total. The Morgan fingerprint density at radius 1 is 1.03 bits per heavy atom. The monoisotopic (exact) mass is 532 g/mol. The average molecular weight is 533 g/mol. The van der Waals surface area contributed by atoms with Crippen LogP contribution in [-0.2, 0) is 20.7 Å². The Balaban J connectivity index is 1.83. The molecule has 0 spiro atoms. The fourth-order valence-electron chi connectivity index (χ4n) is 5.77. The molecule has 2 N–H and O–H groups in total. The number of piperidine rings is 1. The number of aryl methyl sites for hydroxylation is 1. The highest BCUT2D eigenvalue weighted by Gasteiger charge is 2.43. The van der Waals surface area contributed by atoms with Gasteiger partial charge in [-0.05, 0) is 61.6 Å². The summed E-state index contributed by atoms with van der Waals surface area (Å²) in [4.78, 5) is 25.2. The second kappa shape index (κ2) is 16.6. The first-order valence-corrected chi connectivity index (χ1v) is 14.6. The van der Waals surface area contributed by atoms with E-state index >= 15 is 0 Å². The number of nitrogens with one attached hydrogen (secondary N) is 2. The molecule has 1 saturated heterocycles. The molecule has 0 aliphatic carbocycles. The Labute approximate surface area is 230 Å². The largest absolute Gasteiger partial charge is 0.493 e. The lowest BCUT2D eigenvalue weighted by Gasteiger charge is -2.40. The fourth-order valence-corrected chi connectivity index (χ4v) is 5.77. The Bertz CT molecular complexity index is 847. The number of carbonyl (C=O) groups excluding carboxylic acids is 2. The molecule has 1 aromatic rings. The Hall–Kier alpha value is -2.28. The van der Waals surface area contributed by atoms with E-state index in [4.69, 9.17) is 14.2 Å². The zero-order valence-corrected chi connectivity index (χ0v) is 24.7. The number of hydrogen-bond donors (Lipinski definition) is 2. The predicted molar refractivity (Wildman–Crippen MR) is 153 cm³/mol. The van der Waals surface area contributed by atoms with Gasteiger partial charge in [0.05, 0.1) is 19.1 Å². The highest BCUT2D eigenvalue weighted by atomic mass is 16.5. The maximum atomic E-state index is 13.5. The van der Waals surface area contributed by atoms with E-state index in [1.54, 1.807) is 14.2 Å². The van der Waals surface area contributed by atoms with Gasteiger partial charge in [-0.2, -0.15) is 0 Å². The quantitative estimate of drug-likeness (QED) is 0.237. The molecule has 1 aliphatic rings. The number of methoxy groups -OCH3 is 2. The molecule has 1 fully saturated rings. The number of ether oxygens (including phenoxy) is 3. The minimum absolute atomic E-state index is 0.0476. The highest BCUT2D eigenvalue weighted by Crippen LogP contribution is 2.41. The summed E-state index contributed by atoms with van der Waals surface area (Å²) < 4.78 is 16.5. The molecular weight excluding hydrogens is 480 g/mol. The molecule has 0 unspecified atom stereocenters. The molecule has 216 valence electrons. The first kappa shape index (κ1) is 31.9. The summed E-state index contributed by atoms with van der Waals surface area (Å²) >= 11 is 0. The maximum absolute atomic E-state index is 13.5. The second-order valence-electron chi connectivity index (χ2n) is 11.3. The van der Waals surface area contributed by atoms with Gasteiger partial charge in [0.1, 0.15) is 0 Å². The number of amides is 2. The van der Waals surface area contributed by atoms with E-state index in [0.29, 0.717) is 26.2 Å². The van der Waals surface area contributed by atoms with Crippen molar-refractivity contribution in [3.8, 4) is 11.5 Å². The number of rotatable bonds is 18. The molecule has 7 heteroatoms. The second-order valence-corrected chi connectivity index (χ2v) is 11.3. The van der Waals surface area contributed by atoms with Crippen molar-refractivity contribution in [1.82, 2.24) is 10.6 Å². The van der Waals surface area contributed by atoms with Crippen molar-refractivity contribution in [2.24, 2.45) is 17.3 Å². The normalized spacial score (nSPS) is 16.0. The van der Waals surface area contributed by atoms with Crippen LogP contribution in [0.2, 0.25) is 0 Å². The molecule has 1 aliphatic heterocycles. The summed E-state index contributed by atoms with van der Waals surface area (Å²) in [6.07, 6.45) is 9.48. The Morgan fingerprint density at radius 2 is 1.76 bits per heavy atom. The van der Waals surface area contributed by atoms with Crippen LogP contribution in [-0.4, -0.2) is 51.8 Å². The van der Waals surface area contributed by atoms with E-state index in [0.717, 1.165) is 69.3 Å². The molecular formula is C31H52N2O5. The van der Waals surface area contributed by atoms with Crippen LogP contribution in [0.1, 0.15) is 91.0 Å². The molecule has 0 aromatic heterocycles. The Kier molecular flexibility index (Phi) is 14.0. The van der Waals surface area contributed by atoms with E-state index in [1.807, 2.05) is 6.07 Å². The summed E-state index contributed by atoms with van der Waals surface area (Å²) in [5.74, 6) is 2.26. The first-order valence-electron chi connectivity index (χ1n) is 14.6. The van der Waals surface area contributed by atoms with Crippen molar-refractivity contribution in [3.63, 3.8) is 0 Å². The van der Waals surface area contributed by atoms with Crippen molar-refractivity contribution < 1.29 is 23.8 Å². The first-order chi connectivity index (χ1) is 18.2. The van der Waals surface area contributed by atoms with Crippen molar-refractivity contribution in [2.75, 3.05) is 34.0 Å². The molecule has 1 aromatic carbocycles. The van der Waals surface area contributed by atoms with Gasteiger partial charge in [-0.15, -0.1) is 0 Å². The molecule has 0 radical (unpaired) electrons. The third-order valence-electron chi connectivity index (χ3n) is 8.10. The van der Waals surface area contributed by atoms with Crippen LogP contribution in [0.25, 0.3) is 0 Å². The molecule has 1 atom stereocenters. The lowest BCUT2D eigenvalue weighted by Crippen LogP contribution is -2.52. The lowest BCUT2D eigenvalue weighted by atomic mass is 9.65. The van der Waals surface area contributed by atoms with Crippen molar-refractivity contribution in [2.45, 2.75) is 97.9 Å². The van der Waals surface area contributed by atoms with Crippen LogP contribution in [0.5, 0.6) is 11.5 Å². The summed E-state index contributed by atoms with van der Waals surface area (Å²) in [7, 11) is 3.36. The predicted octanol–water partition coefficient (Wildman–Crippen LogP) is 5.69. The third-order valence-corrected chi connectivity index (χ3v) is 8.10. The SMILES string of the molecule is COCCCOc1cc(CCCCCCC(C(=O)NC[C@H]2CCCC(=O)N2)(C(C)C)C(C)C)ccc1OC. The van der Waals surface area contributed by atoms with Crippen LogP contribution < -0.4 is 20.1 Å². The standard InChI is InChI=1S/C31H52N2O5/c1-23(2)31(24(3)4,30(35)32-22-26-14-11-15-29(34)33-26)18-10-8-7-9-13-25-16-17-27(37-6)28(21-25)38-20-12-19-36-5/h16-17,21,23-24,26H,7-15,18-20,22H2,1-6H3,(H,32,35)(H,33,34)/t26-/m1/s1. The van der Waals surface area contributed by atoms with Gasteiger partial charge < -0.3 is 24.8 Å². The van der Waals surface area contributed by atoms with Crippen molar-refractivity contribution in [3.05, 3.63) is 23.8 Å². The molecule has 0 bridgehead atoms. The number of benzene rings is 1. The Morgan fingerprint density at radius 3 is 2.42 bits per heavy atom. The van der Waals surface area contributed by atoms with Gasteiger partial charge in [0.15, 0.2) is 11.5 Å². The van der Waals surface area contributed by atoms with Gasteiger partial charge in [0.25, 0.3) is 0 Å². The smallest absolute Gasteiger partial charge is 0.226 e. The molecule has 2 amide bonds. The summed E-state index contributed by atoms with van der Waals surface area (Å²) in [5, 5.41) is 6.22. The highest BCUT2D eigenvalue weighted by molar-refractivity contribution is 5.83. The number of carbonyl (C=O) groups is 2. The maximum Gasteiger partial charge on any atom is 0.226 e. The molecule has 1 heterocycles. The van der Waals surface area contributed by atoms with Gasteiger partial charge in [-0.1, -0.05) is 53.0 Å². The van der Waals surface area contributed by atoms with E-state index in [-0.39, 0.29) is 29.7 Å². The zero-order valence-electron chi connectivity index (χ0n) is 24.7. The molecule has 38 heavy (non-hydrogen) atoms. The van der Waals surface area contributed by atoms with E-state index in [1.165, 1.54) is 5.56 Å². The van der Waals surface area contributed by atoms with Crippen molar-refractivity contribution in [1.29, 1.82) is 0 Å². The van der Waals surface area contributed by atoms with Crippen LogP contribution in [0.15, 0.2) is 18.2 Å². The summed E-state index contributed by atoms with van der Waals surface area (Å²) in [5.41, 5.74) is 0.851. The van der Waals surface area contributed by atoms with Crippen LogP contribution >= 0.6 is 0 Å². The van der Waals surface area contributed by atoms with Gasteiger partial charge >= 0.3 is 0 Å². The minimum atomic E-state index is -0.399. The topological polar surface area (TPSA) is 85.9 Å². The number of unbranched alkanes of at least 4 members (excludes halogenated alkanes) is 3. The van der Waals surface area contributed by atoms with Crippen molar-refractivity contribution >= 4 is 11.8 Å². The lowest BCUT2D eigenvalue weighted by molar-refractivity contribution is -0.138. The van der Waals surface area contributed by atoms with Crippen LogP contribution in [0.4, 0.5) is 0 Å². The number of hydrogen-bond acceptors (Lipinski definition) is 5. The fraction of sp³-hybridized carbons (Fsp3) is 0.742. The van der Waals surface area contributed by atoms with E-state index in [9.17, 15) is 9.59 Å². The summed E-state index contributed by atoms with van der Waals surface area (Å²) in [6.45, 7) is 10.5. The van der Waals surface area contributed by atoms with E-state index in [2.05, 4.69) is 50.5 Å². The zero-order chi connectivity index (χ0) is 28.0.